The third-order valence-corrected chi connectivity index (χ3v) is 2.40. The zero-order valence-electron chi connectivity index (χ0n) is 8.95. The van der Waals surface area contributed by atoms with Gasteiger partial charge in [-0.05, 0) is 5.56 Å². The van der Waals surface area contributed by atoms with Gasteiger partial charge in [-0.3, -0.25) is 9.59 Å². The molecule has 6 heteroatoms. The first-order valence-electron chi connectivity index (χ1n) is 4.78. The van der Waals surface area contributed by atoms with Crippen LogP contribution in [0.5, 0.6) is 0 Å². The molecule has 2 unspecified atom stereocenters. The summed E-state index contributed by atoms with van der Waals surface area (Å²) in [6, 6.07) is 8.25. The van der Waals surface area contributed by atoms with Crippen molar-refractivity contribution in [2.24, 2.45) is 11.7 Å². The molecule has 0 heterocycles. The molecule has 0 radical (unpaired) electrons. The van der Waals surface area contributed by atoms with Crippen LogP contribution in [-0.4, -0.2) is 28.7 Å². The average Bonchev–Trinajstić information content (AvgIpc) is 2.25. The third-order valence-electron chi connectivity index (χ3n) is 2.40. The number of hydrogen-bond acceptors (Lipinski definition) is 3. The Kier molecular flexibility index (Phi) is 6.23. The SMILES string of the molecule is Cl.NCC(C(=O)O)C(C(=O)O)c1ccccc1. The van der Waals surface area contributed by atoms with E-state index in [0.29, 0.717) is 5.56 Å². The van der Waals surface area contributed by atoms with Gasteiger partial charge in [-0.15, -0.1) is 12.4 Å². The van der Waals surface area contributed by atoms with Crippen LogP contribution in [0.2, 0.25) is 0 Å². The lowest BCUT2D eigenvalue weighted by Gasteiger charge is -2.18. The Hall–Kier alpha value is -1.59. The van der Waals surface area contributed by atoms with Gasteiger partial charge < -0.3 is 15.9 Å². The van der Waals surface area contributed by atoms with Gasteiger partial charge in [-0.25, -0.2) is 0 Å². The molecule has 0 fully saturated rings. The second-order valence-electron chi connectivity index (χ2n) is 3.41. The molecule has 1 rings (SSSR count). The Morgan fingerprint density at radius 1 is 1.12 bits per heavy atom. The normalized spacial score (nSPS) is 13.2. The molecule has 0 aliphatic rings. The number of hydrogen-bond donors (Lipinski definition) is 3. The average molecular weight is 260 g/mol. The lowest BCUT2D eigenvalue weighted by Crippen LogP contribution is -2.33. The second-order valence-corrected chi connectivity index (χ2v) is 3.41. The first-order valence-corrected chi connectivity index (χ1v) is 4.78. The van der Waals surface area contributed by atoms with Gasteiger partial charge in [0.1, 0.15) is 0 Å². The van der Waals surface area contributed by atoms with Crippen LogP contribution in [0.3, 0.4) is 0 Å². The summed E-state index contributed by atoms with van der Waals surface area (Å²) in [5, 5.41) is 18.0. The minimum absolute atomic E-state index is 0. The quantitative estimate of drug-likeness (QED) is 0.730. The molecule has 4 N–H and O–H groups in total. The molecule has 0 saturated heterocycles. The van der Waals surface area contributed by atoms with Crippen molar-refractivity contribution in [3.8, 4) is 0 Å². The van der Waals surface area contributed by atoms with Gasteiger partial charge in [-0.2, -0.15) is 0 Å². The van der Waals surface area contributed by atoms with Gasteiger partial charge in [0, 0.05) is 6.54 Å². The minimum Gasteiger partial charge on any atom is -0.481 e. The topological polar surface area (TPSA) is 101 Å². The molecule has 1 aromatic rings. The van der Waals surface area contributed by atoms with Crippen molar-refractivity contribution in [3.63, 3.8) is 0 Å². The molecule has 0 bridgehead atoms. The van der Waals surface area contributed by atoms with Crippen LogP contribution in [0.1, 0.15) is 11.5 Å². The van der Waals surface area contributed by atoms with Gasteiger partial charge >= 0.3 is 11.9 Å². The number of carboxylic acids is 2. The summed E-state index contributed by atoms with van der Waals surface area (Å²) in [6.07, 6.45) is 0. The van der Waals surface area contributed by atoms with Gasteiger partial charge in [0.05, 0.1) is 11.8 Å². The Balaban J connectivity index is 0.00000256. The molecular formula is C11H14ClNO4. The minimum atomic E-state index is -1.20. The van der Waals surface area contributed by atoms with E-state index in [4.69, 9.17) is 15.9 Å². The molecular weight excluding hydrogens is 246 g/mol. The molecule has 2 atom stereocenters. The third kappa shape index (κ3) is 3.72. The summed E-state index contributed by atoms with van der Waals surface area (Å²) in [4.78, 5) is 22.0. The molecule has 94 valence electrons. The van der Waals surface area contributed by atoms with Crippen molar-refractivity contribution in [2.45, 2.75) is 5.92 Å². The van der Waals surface area contributed by atoms with E-state index in [0.717, 1.165) is 0 Å². The highest BCUT2D eigenvalue weighted by molar-refractivity contribution is 5.85. The molecule has 0 aromatic heterocycles. The fraction of sp³-hybridized carbons (Fsp3) is 0.273. The van der Waals surface area contributed by atoms with E-state index in [-0.39, 0.29) is 19.0 Å². The maximum atomic E-state index is 11.1. The number of halogens is 1. The predicted molar refractivity (Wildman–Crippen MR) is 64.2 cm³/mol. The van der Waals surface area contributed by atoms with Crippen LogP contribution in [0.25, 0.3) is 0 Å². The maximum Gasteiger partial charge on any atom is 0.311 e. The summed E-state index contributed by atoms with van der Waals surface area (Å²) in [6.45, 7) is -0.207. The highest BCUT2D eigenvalue weighted by atomic mass is 35.5. The lowest BCUT2D eigenvalue weighted by atomic mass is 9.86. The number of benzene rings is 1. The fourth-order valence-electron chi connectivity index (χ4n) is 1.59. The van der Waals surface area contributed by atoms with Crippen molar-refractivity contribution in [1.82, 2.24) is 0 Å². The number of carbonyl (C=O) groups is 2. The van der Waals surface area contributed by atoms with E-state index >= 15 is 0 Å². The van der Waals surface area contributed by atoms with Crippen LogP contribution >= 0.6 is 12.4 Å². The highest BCUT2D eigenvalue weighted by Gasteiger charge is 2.33. The van der Waals surface area contributed by atoms with Gasteiger partial charge in [0.15, 0.2) is 0 Å². The van der Waals surface area contributed by atoms with Crippen LogP contribution in [0, 0.1) is 5.92 Å². The first kappa shape index (κ1) is 15.4. The van der Waals surface area contributed by atoms with E-state index in [1.165, 1.54) is 0 Å². The summed E-state index contributed by atoms with van der Waals surface area (Å²) in [7, 11) is 0. The maximum absolute atomic E-state index is 11.1. The molecule has 1 aromatic carbocycles. The Morgan fingerprint density at radius 2 is 1.65 bits per heavy atom. The summed E-state index contributed by atoms with van der Waals surface area (Å²) < 4.78 is 0. The lowest BCUT2D eigenvalue weighted by molar-refractivity contribution is -0.149. The van der Waals surface area contributed by atoms with Crippen molar-refractivity contribution in [3.05, 3.63) is 35.9 Å². The Labute approximate surface area is 105 Å². The van der Waals surface area contributed by atoms with Gasteiger partial charge in [0.2, 0.25) is 0 Å². The van der Waals surface area contributed by atoms with E-state index < -0.39 is 23.8 Å². The molecule has 5 nitrogen and oxygen atoms in total. The smallest absolute Gasteiger partial charge is 0.311 e. The zero-order valence-corrected chi connectivity index (χ0v) is 9.76. The molecule has 0 amide bonds. The highest BCUT2D eigenvalue weighted by Crippen LogP contribution is 2.24. The Morgan fingerprint density at radius 3 is 2.00 bits per heavy atom. The van der Waals surface area contributed by atoms with Crippen LogP contribution in [-0.2, 0) is 9.59 Å². The summed E-state index contributed by atoms with van der Waals surface area (Å²) in [5.74, 6) is -4.59. The molecule has 0 spiro atoms. The fourth-order valence-corrected chi connectivity index (χ4v) is 1.59. The van der Waals surface area contributed by atoms with Crippen molar-refractivity contribution in [2.75, 3.05) is 6.54 Å². The zero-order chi connectivity index (χ0) is 12.1. The summed E-state index contributed by atoms with van der Waals surface area (Å²) in [5.41, 5.74) is 5.76. The molecule has 0 aliphatic carbocycles. The molecule has 0 aliphatic heterocycles. The van der Waals surface area contributed by atoms with Crippen molar-refractivity contribution in [1.29, 1.82) is 0 Å². The van der Waals surface area contributed by atoms with E-state index in [2.05, 4.69) is 0 Å². The molecule has 17 heavy (non-hydrogen) atoms. The second kappa shape index (κ2) is 6.88. The van der Waals surface area contributed by atoms with Gasteiger partial charge in [-0.1, -0.05) is 30.3 Å². The predicted octanol–water partition coefficient (Wildman–Crippen LogP) is 0.936. The largest absolute Gasteiger partial charge is 0.481 e. The van der Waals surface area contributed by atoms with Gasteiger partial charge in [0.25, 0.3) is 0 Å². The summed E-state index contributed by atoms with van der Waals surface area (Å²) >= 11 is 0. The standard InChI is InChI=1S/C11H13NO4.ClH/c12-6-8(10(13)14)9(11(15)16)7-4-2-1-3-5-7;/h1-5,8-9H,6,12H2,(H,13,14)(H,15,16);1H. The monoisotopic (exact) mass is 259 g/mol. The van der Waals surface area contributed by atoms with E-state index in [1.807, 2.05) is 0 Å². The first-order chi connectivity index (χ1) is 7.57. The van der Waals surface area contributed by atoms with Crippen LogP contribution < -0.4 is 5.73 Å². The Bertz CT molecular complexity index is 382. The van der Waals surface area contributed by atoms with Crippen molar-refractivity contribution >= 4 is 24.3 Å². The van der Waals surface area contributed by atoms with Crippen LogP contribution in [0.4, 0.5) is 0 Å². The number of rotatable bonds is 5. The van der Waals surface area contributed by atoms with E-state index in [1.54, 1.807) is 30.3 Å². The van der Waals surface area contributed by atoms with Crippen molar-refractivity contribution < 1.29 is 19.8 Å². The molecule has 0 saturated carbocycles. The number of aliphatic carboxylic acids is 2. The number of carboxylic acid groups (broad SMARTS) is 2. The number of nitrogens with two attached hydrogens (primary N) is 1. The van der Waals surface area contributed by atoms with E-state index in [9.17, 15) is 9.59 Å². The van der Waals surface area contributed by atoms with Crippen LogP contribution in [0.15, 0.2) is 30.3 Å².